The molecule has 18 heavy (non-hydrogen) atoms. The Bertz CT molecular complexity index is 662. The second-order valence-electron chi connectivity index (χ2n) is 4.55. The highest BCUT2D eigenvalue weighted by Crippen LogP contribution is 2.40. The van der Waals surface area contributed by atoms with Crippen LogP contribution in [-0.4, -0.2) is 0 Å². The molecule has 0 amide bonds. The zero-order valence-electron chi connectivity index (χ0n) is 10.1. The summed E-state index contributed by atoms with van der Waals surface area (Å²) in [5, 5.41) is 9.21. The van der Waals surface area contributed by atoms with Crippen LogP contribution < -0.4 is 0 Å². The summed E-state index contributed by atoms with van der Waals surface area (Å²) in [4.78, 5) is 0. The molecule has 1 heteroatoms. The number of hydrogen-bond acceptors (Lipinski definition) is 1. The van der Waals surface area contributed by atoms with Gasteiger partial charge in [0.05, 0.1) is 12.0 Å². The maximum absolute atomic E-state index is 9.21. The fourth-order valence-corrected chi connectivity index (χ4v) is 2.72. The summed E-state index contributed by atoms with van der Waals surface area (Å²) in [6.07, 6.45) is 2.65. The summed E-state index contributed by atoms with van der Waals surface area (Å²) >= 11 is 0. The Labute approximate surface area is 107 Å². The molecule has 0 saturated heterocycles. The monoisotopic (exact) mass is 231 g/mol. The number of benzene rings is 2. The van der Waals surface area contributed by atoms with Gasteiger partial charge in [0, 0.05) is 0 Å². The van der Waals surface area contributed by atoms with E-state index in [1.807, 2.05) is 12.1 Å². The largest absolute Gasteiger partial charge is 0.197 e. The third-order valence-corrected chi connectivity index (χ3v) is 3.60. The maximum atomic E-state index is 9.21. The van der Waals surface area contributed by atoms with Gasteiger partial charge >= 0.3 is 0 Å². The maximum Gasteiger partial charge on any atom is 0.0894 e. The van der Waals surface area contributed by atoms with Gasteiger partial charge in [-0.25, -0.2) is 0 Å². The molecule has 3 rings (SSSR count). The van der Waals surface area contributed by atoms with E-state index in [2.05, 4.69) is 43.0 Å². The van der Waals surface area contributed by atoms with Crippen LogP contribution in [0.5, 0.6) is 0 Å². The third kappa shape index (κ3) is 1.47. The number of allylic oxidation sites excluding steroid dienone is 1. The molecular weight excluding hydrogens is 218 g/mol. The smallest absolute Gasteiger partial charge is 0.0894 e. The third-order valence-electron chi connectivity index (χ3n) is 3.60. The highest BCUT2D eigenvalue weighted by atomic mass is 14.3. The normalized spacial score (nSPS) is 13.3. The van der Waals surface area contributed by atoms with Crippen LogP contribution in [0.3, 0.4) is 0 Å². The molecule has 1 atom stereocenters. The van der Waals surface area contributed by atoms with Crippen LogP contribution in [-0.2, 0) is 6.42 Å². The van der Waals surface area contributed by atoms with Crippen molar-refractivity contribution < 1.29 is 0 Å². The van der Waals surface area contributed by atoms with Crippen molar-refractivity contribution in [2.75, 3.05) is 0 Å². The Morgan fingerprint density at radius 1 is 1.11 bits per heavy atom. The van der Waals surface area contributed by atoms with Gasteiger partial charge in [-0.15, -0.1) is 6.58 Å². The summed E-state index contributed by atoms with van der Waals surface area (Å²) < 4.78 is 0. The van der Waals surface area contributed by atoms with Crippen molar-refractivity contribution in [3.8, 4) is 17.2 Å². The highest BCUT2D eigenvalue weighted by Gasteiger charge is 2.22. The molecule has 0 bridgehead atoms. The summed E-state index contributed by atoms with van der Waals surface area (Å²) in [5.41, 5.74) is 6.30. The average Bonchev–Trinajstić information content (AvgIpc) is 2.80. The van der Waals surface area contributed by atoms with Gasteiger partial charge in [-0.3, -0.25) is 0 Å². The van der Waals surface area contributed by atoms with E-state index in [4.69, 9.17) is 0 Å². The molecule has 2 aromatic carbocycles. The van der Waals surface area contributed by atoms with Crippen molar-refractivity contribution in [3.63, 3.8) is 0 Å². The lowest BCUT2D eigenvalue weighted by Crippen LogP contribution is -1.97. The molecule has 0 saturated carbocycles. The van der Waals surface area contributed by atoms with Gasteiger partial charge in [0.2, 0.25) is 0 Å². The quantitative estimate of drug-likeness (QED) is 0.610. The Morgan fingerprint density at radius 2 is 1.89 bits per heavy atom. The Hall–Kier alpha value is -2.33. The van der Waals surface area contributed by atoms with Crippen LogP contribution in [0, 0.1) is 11.3 Å². The van der Waals surface area contributed by atoms with Crippen LogP contribution in [0.4, 0.5) is 0 Å². The minimum absolute atomic E-state index is 0.214. The van der Waals surface area contributed by atoms with Crippen LogP contribution in [0.25, 0.3) is 11.1 Å². The first kappa shape index (κ1) is 10.8. The van der Waals surface area contributed by atoms with Crippen molar-refractivity contribution in [1.82, 2.24) is 0 Å². The molecule has 0 aromatic heterocycles. The number of rotatable bonds is 2. The summed E-state index contributed by atoms with van der Waals surface area (Å²) in [5.74, 6) is -0.214. The number of fused-ring (bicyclic) bond motifs is 3. The Morgan fingerprint density at radius 3 is 2.67 bits per heavy atom. The number of hydrogen-bond donors (Lipinski definition) is 0. The molecule has 0 N–H and O–H groups in total. The second-order valence-corrected chi connectivity index (χ2v) is 4.55. The van der Waals surface area contributed by atoms with Crippen molar-refractivity contribution in [3.05, 3.63) is 71.8 Å². The predicted octanol–water partition coefficient (Wildman–Crippen LogP) is 4.05. The molecule has 1 aliphatic carbocycles. The first-order chi connectivity index (χ1) is 8.85. The fourth-order valence-electron chi connectivity index (χ4n) is 2.72. The molecule has 86 valence electrons. The van der Waals surface area contributed by atoms with Crippen molar-refractivity contribution in [1.29, 1.82) is 5.26 Å². The van der Waals surface area contributed by atoms with Gasteiger partial charge in [0.25, 0.3) is 0 Å². The van der Waals surface area contributed by atoms with E-state index in [0.717, 1.165) is 12.0 Å². The topological polar surface area (TPSA) is 23.8 Å². The van der Waals surface area contributed by atoms with Crippen LogP contribution in [0.1, 0.15) is 22.6 Å². The molecule has 0 spiro atoms. The van der Waals surface area contributed by atoms with Gasteiger partial charge in [-0.2, -0.15) is 5.26 Å². The summed E-state index contributed by atoms with van der Waals surface area (Å²) in [6.45, 7) is 3.76. The molecule has 1 nitrogen and oxygen atoms in total. The van der Waals surface area contributed by atoms with Gasteiger partial charge in [0.1, 0.15) is 0 Å². The molecule has 0 aliphatic heterocycles. The molecule has 0 heterocycles. The van der Waals surface area contributed by atoms with Crippen molar-refractivity contribution in [2.45, 2.75) is 12.3 Å². The molecule has 1 unspecified atom stereocenters. The summed E-state index contributed by atoms with van der Waals surface area (Å²) in [7, 11) is 0. The van der Waals surface area contributed by atoms with Crippen LogP contribution in [0.15, 0.2) is 55.1 Å². The van der Waals surface area contributed by atoms with Gasteiger partial charge in [-0.05, 0) is 34.2 Å². The van der Waals surface area contributed by atoms with E-state index in [0.29, 0.717) is 0 Å². The fraction of sp³-hybridized carbons (Fsp3) is 0.118. The number of nitrogens with zero attached hydrogens (tertiary/aromatic N) is 1. The zero-order chi connectivity index (χ0) is 12.5. The Balaban J connectivity index is 2.20. The first-order valence-electron chi connectivity index (χ1n) is 6.07. The van der Waals surface area contributed by atoms with Crippen molar-refractivity contribution in [2.24, 2.45) is 0 Å². The molecular formula is C17H13N. The van der Waals surface area contributed by atoms with E-state index in [1.54, 1.807) is 6.08 Å². The zero-order valence-corrected chi connectivity index (χ0v) is 10.1. The van der Waals surface area contributed by atoms with Gasteiger partial charge in [-0.1, -0.05) is 48.5 Å². The molecule has 2 aromatic rings. The predicted molar refractivity (Wildman–Crippen MR) is 73.2 cm³/mol. The minimum Gasteiger partial charge on any atom is -0.197 e. The van der Waals surface area contributed by atoms with Crippen LogP contribution in [0.2, 0.25) is 0 Å². The van der Waals surface area contributed by atoms with E-state index < -0.39 is 0 Å². The minimum atomic E-state index is -0.214. The van der Waals surface area contributed by atoms with Crippen LogP contribution >= 0.6 is 0 Å². The lowest BCUT2D eigenvalue weighted by molar-refractivity contribution is 1.05. The summed E-state index contributed by atoms with van der Waals surface area (Å²) in [6, 6.07) is 17.0. The van der Waals surface area contributed by atoms with Crippen molar-refractivity contribution >= 4 is 0 Å². The van der Waals surface area contributed by atoms with Gasteiger partial charge < -0.3 is 0 Å². The molecule has 0 fully saturated rings. The SMILES string of the molecule is C=CC(C#N)c1cccc2c1Cc1ccccc1-2. The molecule has 0 radical (unpaired) electrons. The van der Waals surface area contributed by atoms with E-state index in [1.165, 1.54) is 22.3 Å². The first-order valence-corrected chi connectivity index (χ1v) is 6.07. The average molecular weight is 231 g/mol. The second kappa shape index (κ2) is 4.16. The lowest BCUT2D eigenvalue weighted by Gasteiger charge is -2.10. The van der Waals surface area contributed by atoms with E-state index in [-0.39, 0.29) is 5.92 Å². The van der Waals surface area contributed by atoms with Gasteiger partial charge in [0.15, 0.2) is 0 Å². The number of nitriles is 1. The standard InChI is InChI=1S/C17H13N/c1-2-12(11-18)14-8-5-9-16-15-7-4-3-6-13(15)10-17(14)16/h2-9,12H,1,10H2. The van der Waals surface area contributed by atoms with E-state index in [9.17, 15) is 5.26 Å². The highest BCUT2D eigenvalue weighted by molar-refractivity contribution is 5.78. The van der Waals surface area contributed by atoms with E-state index >= 15 is 0 Å². The molecule has 1 aliphatic rings. The lowest BCUT2D eigenvalue weighted by atomic mass is 9.92. The Kier molecular flexibility index (Phi) is 2.50.